The Morgan fingerprint density at radius 2 is 2.16 bits per heavy atom. The molecule has 102 valence electrons. The summed E-state index contributed by atoms with van der Waals surface area (Å²) >= 11 is 3.38. The fourth-order valence-electron chi connectivity index (χ4n) is 1.86. The summed E-state index contributed by atoms with van der Waals surface area (Å²) < 4.78 is 5.20. The summed E-state index contributed by atoms with van der Waals surface area (Å²) in [5, 5.41) is 3.43. The Kier molecular flexibility index (Phi) is 4.42. The molecule has 6 heteroatoms. The summed E-state index contributed by atoms with van der Waals surface area (Å²) in [5.74, 6) is -0.129. The molecule has 0 aromatic heterocycles. The maximum absolute atomic E-state index is 11.8. The molecule has 1 aliphatic rings. The minimum atomic E-state index is -0.373. The molecule has 5 nitrogen and oxygen atoms in total. The molecule has 0 aliphatic carbocycles. The van der Waals surface area contributed by atoms with Crippen molar-refractivity contribution in [2.75, 3.05) is 18.0 Å². The van der Waals surface area contributed by atoms with Gasteiger partial charge in [-0.3, -0.25) is 9.69 Å². The minimum Gasteiger partial charge on any atom is -0.442 e. The standard InChI is InChI=1S/C13H15BrN2O3/c1-9(17)15-7-12-8-16(13(18)19-12)11-4-2-10(6-14)3-5-11/h2-5,12H,6-8H2,1H3,(H,15,17). The van der Waals surface area contributed by atoms with E-state index in [2.05, 4.69) is 21.2 Å². The highest BCUT2D eigenvalue weighted by Crippen LogP contribution is 2.22. The number of nitrogens with one attached hydrogen (secondary N) is 1. The van der Waals surface area contributed by atoms with Gasteiger partial charge in [-0.15, -0.1) is 0 Å². The molecule has 19 heavy (non-hydrogen) atoms. The second-order valence-electron chi connectivity index (χ2n) is 4.35. The molecule has 0 spiro atoms. The molecule has 1 aromatic rings. The molecule has 0 bridgehead atoms. The Hall–Kier alpha value is -1.56. The summed E-state index contributed by atoms with van der Waals surface area (Å²) in [4.78, 5) is 24.2. The van der Waals surface area contributed by atoms with Gasteiger partial charge in [0.15, 0.2) is 0 Å². The number of nitrogens with zero attached hydrogens (tertiary/aromatic N) is 1. The van der Waals surface area contributed by atoms with Gasteiger partial charge in [-0.2, -0.15) is 0 Å². The molecular formula is C13H15BrN2O3. The molecule has 1 unspecified atom stereocenters. The first-order valence-corrected chi connectivity index (χ1v) is 7.10. The highest BCUT2D eigenvalue weighted by Gasteiger charge is 2.32. The fourth-order valence-corrected chi connectivity index (χ4v) is 2.24. The first-order chi connectivity index (χ1) is 9.10. The average Bonchev–Trinajstić information content (AvgIpc) is 2.78. The Bertz CT molecular complexity index is 475. The molecule has 1 aliphatic heterocycles. The van der Waals surface area contributed by atoms with E-state index < -0.39 is 0 Å². The molecular weight excluding hydrogens is 312 g/mol. The zero-order chi connectivity index (χ0) is 13.8. The molecule has 0 radical (unpaired) electrons. The lowest BCUT2D eigenvalue weighted by Crippen LogP contribution is -2.33. The molecule has 1 heterocycles. The fraction of sp³-hybridized carbons (Fsp3) is 0.385. The van der Waals surface area contributed by atoms with Crippen LogP contribution in [0.4, 0.5) is 10.5 Å². The lowest BCUT2D eigenvalue weighted by atomic mass is 10.2. The zero-order valence-electron chi connectivity index (χ0n) is 10.6. The normalized spacial score (nSPS) is 18.3. The Morgan fingerprint density at radius 3 is 2.74 bits per heavy atom. The zero-order valence-corrected chi connectivity index (χ0v) is 12.1. The van der Waals surface area contributed by atoms with Crippen molar-refractivity contribution in [3.05, 3.63) is 29.8 Å². The number of ether oxygens (including phenoxy) is 1. The van der Waals surface area contributed by atoms with E-state index in [0.717, 1.165) is 16.6 Å². The van der Waals surface area contributed by atoms with Crippen molar-refractivity contribution in [3.63, 3.8) is 0 Å². The topological polar surface area (TPSA) is 58.6 Å². The highest BCUT2D eigenvalue weighted by molar-refractivity contribution is 9.08. The third-order valence-corrected chi connectivity index (χ3v) is 3.50. The number of hydrogen-bond donors (Lipinski definition) is 1. The number of cyclic esters (lactones) is 1. The van der Waals surface area contributed by atoms with Crippen molar-refractivity contribution in [3.8, 4) is 0 Å². The van der Waals surface area contributed by atoms with Crippen LogP contribution in [-0.4, -0.2) is 31.2 Å². The number of halogens is 1. The van der Waals surface area contributed by atoms with Gasteiger partial charge in [0.25, 0.3) is 0 Å². The number of hydrogen-bond acceptors (Lipinski definition) is 3. The molecule has 1 atom stereocenters. The average molecular weight is 327 g/mol. The third kappa shape index (κ3) is 3.47. The van der Waals surface area contributed by atoms with Gasteiger partial charge in [-0.25, -0.2) is 4.79 Å². The second kappa shape index (κ2) is 6.06. The maximum Gasteiger partial charge on any atom is 0.414 e. The van der Waals surface area contributed by atoms with Crippen LogP contribution in [0.15, 0.2) is 24.3 Å². The SMILES string of the molecule is CC(=O)NCC1CN(c2ccc(CBr)cc2)C(=O)O1. The van der Waals surface area contributed by atoms with Crippen LogP contribution in [0.1, 0.15) is 12.5 Å². The predicted octanol–water partition coefficient (Wildman–Crippen LogP) is 2.04. The van der Waals surface area contributed by atoms with E-state index in [0.29, 0.717) is 13.1 Å². The van der Waals surface area contributed by atoms with Crippen LogP contribution in [0.5, 0.6) is 0 Å². The van der Waals surface area contributed by atoms with Crippen LogP contribution >= 0.6 is 15.9 Å². The van der Waals surface area contributed by atoms with Crippen LogP contribution < -0.4 is 10.2 Å². The third-order valence-electron chi connectivity index (χ3n) is 2.86. The van der Waals surface area contributed by atoms with Gasteiger partial charge in [0.1, 0.15) is 6.10 Å². The van der Waals surface area contributed by atoms with Crippen molar-refractivity contribution in [2.45, 2.75) is 18.4 Å². The first-order valence-electron chi connectivity index (χ1n) is 5.97. The maximum atomic E-state index is 11.8. The monoisotopic (exact) mass is 326 g/mol. The summed E-state index contributed by atoms with van der Waals surface area (Å²) in [6.07, 6.45) is -0.672. The lowest BCUT2D eigenvalue weighted by Gasteiger charge is -2.13. The molecule has 0 saturated carbocycles. The number of carbonyl (C=O) groups excluding carboxylic acids is 2. The Balaban J connectivity index is 2.00. The van der Waals surface area contributed by atoms with Crippen molar-refractivity contribution < 1.29 is 14.3 Å². The van der Waals surface area contributed by atoms with Gasteiger partial charge in [0, 0.05) is 17.9 Å². The molecule has 2 amide bonds. The number of benzene rings is 1. The van der Waals surface area contributed by atoms with Crippen molar-refractivity contribution in [1.82, 2.24) is 5.32 Å². The first kappa shape index (κ1) is 13.9. The van der Waals surface area contributed by atoms with Crippen LogP contribution in [0.3, 0.4) is 0 Å². The van der Waals surface area contributed by atoms with Crippen LogP contribution in [0.2, 0.25) is 0 Å². The van der Waals surface area contributed by atoms with Gasteiger partial charge >= 0.3 is 6.09 Å². The number of carbonyl (C=O) groups is 2. The summed E-state index contributed by atoms with van der Waals surface area (Å²) in [7, 11) is 0. The number of amides is 2. The van der Waals surface area contributed by atoms with Crippen LogP contribution in [0.25, 0.3) is 0 Å². The van der Waals surface area contributed by atoms with E-state index in [-0.39, 0.29) is 18.1 Å². The van der Waals surface area contributed by atoms with Gasteiger partial charge in [-0.1, -0.05) is 28.1 Å². The smallest absolute Gasteiger partial charge is 0.414 e. The molecule has 1 saturated heterocycles. The summed E-state index contributed by atoms with van der Waals surface area (Å²) in [6.45, 7) is 2.23. The van der Waals surface area contributed by atoms with E-state index in [1.807, 2.05) is 24.3 Å². The molecule has 1 aromatic carbocycles. The van der Waals surface area contributed by atoms with Crippen LogP contribution in [0, 0.1) is 0 Å². The molecule has 2 rings (SSSR count). The minimum absolute atomic E-state index is 0.129. The van der Waals surface area contributed by atoms with Crippen molar-refractivity contribution >= 4 is 33.6 Å². The lowest BCUT2D eigenvalue weighted by molar-refractivity contribution is -0.119. The van der Waals surface area contributed by atoms with Crippen molar-refractivity contribution in [1.29, 1.82) is 0 Å². The number of anilines is 1. The van der Waals surface area contributed by atoms with Crippen LogP contribution in [-0.2, 0) is 14.9 Å². The highest BCUT2D eigenvalue weighted by atomic mass is 79.9. The van der Waals surface area contributed by atoms with Crippen molar-refractivity contribution in [2.24, 2.45) is 0 Å². The van der Waals surface area contributed by atoms with Gasteiger partial charge in [0.05, 0.1) is 13.1 Å². The van der Waals surface area contributed by atoms with Gasteiger partial charge in [0.2, 0.25) is 5.91 Å². The molecule has 1 N–H and O–H groups in total. The Labute approximate surface area is 120 Å². The quantitative estimate of drug-likeness (QED) is 0.861. The van der Waals surface area contributed by atoms with Gasteiger partial charge in [-0.05, 0) is 17.7 Å². The number of rotatable bonds is 4. The predicted molar refractivity (Wildman–Crippen MR) is 75.4 cm³/mol. The second-order valence-corrected chi connectivity index (χ2v) is 4.91. The van der Waals surface area contributed by atoms with E-state index in [4.69, 9.17) is 4.74 Å². The van der Waals surface area contributed by atoms with E-state index >= 15 is 0 Å². The van der Waals surface area contributed by atoms with E-state index in [1.54, 1.807) is 4.90 Å². The Morgan fingerprint density at radius 1 is 1.47 bits per heavy atom. The number of alkyl halides is 1. The molecule has 1 fully saturated rings. The van der Waals surface area contributed by atoms with E-state index in [9.17, 15) is 9.59 Å². The summed E-state index contributed by atoms with van der Waals surface area (Å²) in [5.41, 5.74) is 1.95. The van der Waals surface area contributed by atoms with Gasteiger partial charge < -0.3 is 10.1 Å². The summed E-state index contributed by atoms with van der Waals surface area (Å²) in [6, 6.07) is 7.69. The largest absolute Gasteiger partial charge is 0.442 e. The van der Waals surface area contributed by atoms with E-state index in [1.165, 1.54) is 6.92 Å².